The van der Waals surface area contributed by atoms with Gasteiger partial charge in [-0.05, 0) is 12.1 Å². The number of fused-ring (bicyclic) bond motifs is 1. The van der Waals surface area contributed by atoms with E-state index in [1.807, 2.05) is 11.9 Å². The SMILES string of the molecule is Cc1nc(CN(C)c2cnc3cc(Cl)c(Cl)cc3n2)no1. The zero-order chi connectivity index (χ0) is 15.0. The number of halogens is 2. The summed E-state index contributed by atoms with van der Waals surface area (Å²) in [6.45, 7) is 2.22. The van der Waals surface area contributed by atoms with Crippen molar-refractivity contribution in [2.45, 2.75) is 13.5 Å². The minimum Gasteiger partial charge on any atom is -0.351 e. The Hall–Kier alpha value is -1.92. The molecule has 3 rings (SSSR count). The maximum absolute atomic E-state index is 6.01. The summed E-state index contributed by atoms with van der Waals surface area (Å²) in [5, 5.41) is 4.77. The molecular formula is C13H11Cl2N5O. The van der Waals surface area contributed by atoms with Gasteiger partial charge in [-0.25, -0.2) is 4.98 Å². The van der Waals surface area contributed by atoms with Gasteiger partial charge in [-0.15, -0.1) is 0 Å². The van der Waals surface area contributed by atoms with Crippen molar-refractivity contribution in [3.63, 3.8) is 0 Å². The number of anilines is 1. The van der Waals surface area contributed by atoms with E-state index in [-0.39, 0.29) is 0 Å². The van der Waals surface area contributed by atoms with Gasteiger partial charge in [0, 0.05) is 14.0 Å². The molecule has 0 atom stereocenters. The smallest absolute Gasteiger partial charge is 0.223 e. The molecule has 2 heterocycles. The van der Waals surface area contributed by atoms with Gasteiger partial charge in [0.05, 0.1) is 33.8 Å². The number of rotatable bonds is 3. The average molecular weight is 324 g/mol. The fraction of sp³-hybridized carbons (Fsp3) is 0.231. The van der Waals surface area contributed by atoms with E-state index in [2.05, 4.69) is 20.1 Å². The first kappa shape index (κ1) is 14.0. The Labute approximate surface area is 130 Å². The molecule has 0 radical (unpaired) electrons. The second-order valence-electron chi connectivity index (χ2n) is 4.57. The lowest BCUT2D eigenvalue weighted by Crippen LogP contribution is -2.18. The standard InChI is InChI=1S/C13H11Cl2N5O/c1-7-17-12(19-21-7)6-20(2)13-5-16-10-3-8(14)9(15)4-11(10)18-13/h3-5H,6H2,1-2H3. The monoisotopic (exact) mass is 323 g/mol. The predicted octanol–water partition coefficient (Wildman–Crippen LogP) is 3.26. The zero-order valence-corrected chi connectivity index (χ0v) is 12.9. The van der Waals surface area contributed by atoms with E-state index < -0.39 is 0 Å². The van der Waals surface area contributed by atoms with Crippen LogP contribution in [0.5, 0.6) is 0 Å². The summed E-state index contributed by atoms with van der Waals surface area (Å²) in [6.07, 6.45) is 1.67. The first-order chi connectivity index (χ1) is 10.0. The number of aryl methyl sites for hydroxylation is 1. The van der Waals surface area contributed by atoms with Gasteiger partial charge >= 0.3 is 0 Å². The molecule has 0 bridgehead atoms. The second-order valence-corrected chi connectivity index (χ2v) is 5.38. The molecule has 6 nitrogen and oxygen atoms in total. The third kappa shape index (κ3) is 2.91. The van der Waals surface area contributed by atoms with E-state index in [0.717, 1.165) is 0 Å². The fourth-order valence-electron chi connectivity index (χ4n) is 1.88. The van der Waals surface area contributed by atoms with Crippen LogP contribution in [-0.2, 0) is 6.54 Å². The highest BCUT2D eigenvalue weighted by Crippen LogP contribution is 2.27. The van der Waals surface area contributed by atoms with E-state index in [9.17, 15) is 0 Å². The largest absolute Gasteiger partial charge is 0.351 e. The van der Waals surface area contributed by atoms with Gasteiger partial charge in [0.1, 0.15) is 5.82 Å². The predicted molar refractivity (Wildman–Crippen MR) is 80.7 cm³/mol. The highest BCUT2D eigenvalue weighted by atomic mass is 35.5. The van der Waals surface area contributed by atoms with Crippen molar-refractivity contribution in [3.8, 4) is 0 Å². The van der Waals surface area contributed by atoms with Crippen LogP contribution in [-0.4, -0.2) is 27.2 Å². The van der Waals surface area contributed by atoms with Gasteiger partial charge in [-0.3, -0.25) is 4.98 Å². The first-order valence-electron chi connectivity index (χ1n) is 6.15. The Kier molecular flexibility index (Phi) is 3.65. The molecular weight excluding hydrogens is 313 g/mol. The van der Waals surface area contributed by atoms with Crippen LogP contribution in [0.3, 0.4) is 0 Å². The third-order valence-corrected chi connectivity index (χ3v) is 3.63. The van der Waals surface area contributed by atoms with Crippen LogP contribution in [0.4, 0.5) is 5.82 Å². The molecule has 0 amide bonds. The number of hydrogen-bond donors (Lipinski definition) is 0. The van der Waals surface area contributed by atoms with Crippen molar-refractivity contribution >= 4 is 40.1 Å². The molecule has 2 aromatic heterocycles. The molecule has 0 saturated heterocycles. The topological polar surface area (TPSA) is 67.9 Å². The van der Waals surface area contributed by atoms with Crippen molar-refractivity contribution in [1.82, 2.24) is 20.1 Å². The molecule has 8 heteroatoms. The van der Waals surface area contributed by atoms with Crippen molar-refractivity contribution in [3.05, 3.63) is 40.1 Å². The van der Waals surface area contributed by atoms with E-state index >= 15 is 0 Å². The molecule has 0 spiro atoms. The fourth-order valence-corrected chi connectivity index (χ4v) is 2.20. The van der Waals surface area contributed by atoms with Crippen molar-refractivity contribution in [1.29, 1.82) is 0 Å². The lowest BCUT2D eigenvalue weighted by molar-refractivity contribution is 0.387. The summed E-state index contributed by atoms with van der Waals surface area (Å²) < 4.78 is 4.94. The van der Waals surface area contributed by atoms with Gasteiger partial charge < -0.3 is 9.42 Å². The summed E-state index contributed by atoms with van der Waals surface area (Å²) >= 11 is 12.0. The van der Waals surface area contributed by atoms with Crippen molar-refractivity contribution in [2.75, 3.05) is 11.9 Å². The molecule has 0 unspecified atom stereocenters. The Morgan fingerprint density at radius 1 is 1.14 bits per heavy atom. The summed E-state index contributed by atoms with van der Waals surface area (Å²) in [5.74, 6) is 1.80. The third-order valence-electron chi connectivity index (χ3n) is 2.91. The molecule has 0 aliphatic carbocycles. The maximum atomic E-state index is 6.01. The molecule has 1 aromatic carbocycles. The zero-order valence-electron chi connectivity index (χ0n) is 11.3. The Morgan fingerprint density at radius 3 is 2.52 bits per heavy atom. The molecule has 0 fully saturated rings. The van der Waals surface area contributed by atoms with E-state index in [0.29, 0.717) is 45.2 Å². The van der Waals surface area contributed by atoms with Gasteiger partial charge in [0.25, 0.3) is 0 Å². The van der Waals surface area contributed by atoms with Gasteiger partial charge in [-0.2, -0.15) is 4.98 Å². The summed E-state index contributed by atoms with van der Waals surface area (Å²) in [7, 11) is 1.87. The van der Waals surface area contributed by atoms with Crippen LogP contribution < -0.4 is 4.90 Å². The first-order valence-corrected chi connectivity index (χ1v) is 6.90. The van der Waals surface area contributed by atoms with Crippen molar-refractivity contribution in [2.24, 2.45) is 0 Å². The minimum absolute atomic E-state index is 0.451. The van der Waals surface area contributed by atoms with E-state index in [4.69, 9.17) is 27.7 Å². The van der Waals surface area contributed by atoms with Gasteiger partial charge in [0.2, 0.25) is 5.89 Å². The van der Waals surface area contributed by atoms with Crippen LogP contribution in [0, 0.1) is 6.92 Å². The van der Waals surface area contributed by atoms with Crippen LogP contribution in [0.25, 0.3) is 11.0 Å². The molecule has 0 aliphatic rings. The normalized spacial score (nSPS) is 11.0. The molecule has 0 saturated carbocycles. The van der Waals surface area contributed by atoms with E-state index in [1.54, 1.807) is 25.3 Å². The van der Waals surface area contributed by atoms with Gasteiger partial charge in [-0.1, -0.05) is 28.4 Å². The number of benzene rings is 1. The number of aromatic nitrogens is 4. The minimum atomic E-state index is 0.451. The highest BCUT2D eigenvalue weighted by Gasteiger charge is 2.11. The number of nitrogens with zero attached hydrogens (tertiary/aromatic N) is 5. The Balaban J connectivity index is 1.91. The number of hydrogen-bond acceptors (Lipinski definition) is 6. The molecule has 108 valence electrons. The molecule has 0 aliphatic heterocycles. The van der Waals surface area contributed by atoms with E-state index in [1.165, 1.54) is 0 Å². The highest BCUT2D eigenvalue weighted by molar-refractivity contribution is 6.42. The molecule has 3 aromatic rings. The Morgan fingerprint density at radius 2 is 1.86 bits per heavy atom. The molecule has 21 heavy (non-hydrogen) atoms. The maximum Gasteiger partial charge on any atom is 0.223 e. The second kappa shape index (κ2) is 5.46. The van der Waals surface area contributed by atoms with Crippen LogP contribution in [0.15, 0.2) is 22.9 Å². The average Bonchev–Trinajstić information content (AvgIpc) is 2.85. The lowest BCUT2D eigenvalue weighted by atomic mass is 10.3. The van der Waals surface area contributed by atoms with Crippen LogP contribution in [0.1, 0.15) is 11.7 Å². The van der Waals surface area contributed by atoms with Crippen molar-refractivity contribution < 1.29 is 4.52 Å². The summed E-state index contributed by atoms with van der Waals surface area (Å²) in [6, 6.07) is 3.39. The molecule has 0 N–H and O–H groups in total. The van der Waals surface area contributed by atoms with Gasteiger partial charge in [0.15, 0.2) is 5.82 Å². The summed E-state index contributed by atoms with van der Waals surface area (Å²) in [4.78, 5) is 14.9. The van der Waals surface area contributed by atoms with Crippen LogP contribution in [0.2, 0.25) is 10.0 Å². The quantitative estimate of drug-likeness (QED) is 0.736. The summed E-state index contributed by atoms with van der Waals surface area (Å²) in [5.41, 5.74) is 1.37. The lowest BCUT2D eigenvalue weighted by Gasteiger charge is -2.15. The Bertz CT molecular complexity index is 804. The van der Waals surface area contributed by atoms with Crippen LogP contribution >= 0.6 is 23.2 Å².